The first-order chi connectivity index (χ1) is 12.3. The van der Waals surface area contributed by atoms with Crippen LogP contribution < -0.4 is 5.43 Å². The second-order valence-electron chi connectivity index (χ2n) is 5.38. The van der Waals surface area contributed by atoms with Crippen LogP contribution in [-0.2, 0) is 0 Å². The fourth-order valence-corrected chi connectivity index (χ4v) is 3.43. The summed E-state index contributed by atoms with van der Waals surface area (Å²) in [6.07, 6.45) is 3.22. The van der Waals surface area contributed by atoms with E-state index in [-0.39, 0.29) is 5.75 Å². The number of nitrogens with one attached hydrogen (secondary N) is 1. The van der Waals surface area contributed by atoms with Gasteiger partial charge >= 0.3 is 0 Å². The first-order valence-electron chi connectivity index (χ1n) is 7.67. The maximum Gasteiger partial charge on any atom is 0.159 e. The number of aromatic hydroxyl groups is 1. The van der Waals surface area contributed by atoms with Crippen molar-refractivity contribution in [3.63, 3.8) is 0 Å². The van der Waals surface area contributed by atoms with E-state index >= 15 is 0 Å². The van der Waals surface area contributed by atoms with Crippen molar-refractivity contribution >= 4 is 33.6 Å². The number of aromatic nitrogens is 2. The van der Waals surface area contributed by atoms with Gasteiger partial charge in [0.05, 0.1) is 11.6 Å². The first-order valence-corrected chi connectivity index (χ1v) is 8.55. The molecule has 2 aromatic heterocycles. The lowest BCUT2D eigenvalue weighted by molar-refractivity contribution is 0.475. The molecule has 0 unspecified atom stereocenters. The molecule has 0 saturated carbocycles. The summed E-state index contributed by atoms with van der Waals surface area (Å²) in [5.41, 5.74) is 6.09. The van der Waals surface area contributed by atoms with Crippen molar-refractivity contribution in [1.82, 2.24) is 9.97 Å². The predicted octanol–water partition coefficient (Wildman–Crippen LogP) is 4.51. The third kappa shape index (κ3) is 3.20. The molecular weight excluding hydrogens is 332 g/mol. The minimum atomic E-state index is 0.230. The lowest BCUT2D eigenvalue weighted by atomic mass is 10.1. The molecule has 0 radical (unpaired) electrons. The van der Waals surface area contributed by atoms with Crippen LogP contribution in [0.2, 0.25) is 0 Å². The van der Waals surface area contributed by atoms with Crippen LogP contribution in [0.1, 0.15) is 5.56 Å². The third-order valence-electron chi connectivity index (χ3n) is 3.73. The monoisotopic (exact) mass is 346 g/mol. The highest BCUT2D eigenvalue weighted by Crippen LogP contribution is 2.36. The Labute approximate surface area is 148 Å². The van der Waals surface area contributed by atoms with Gasteiger partial charge in [0.1, 0.15) is 16.9 Å². The molecule has 5 nitrogen and oxygen atoms in total. The fourth-order valence-electron chi connectivity index (χ4n) is 2.52. The maximum atomic E-state index is 9.32. The van der Waals surface area contributed by atoms with Crippen LogP contribution in [0.5, 0.6) is 5.75 Å². The maximum absolute atomic E-state index is 9.32. The topological polar surface area (TPSA) is 70.4 Å². The van der Waals surface area contributed by atoms with Crippen molar-refractivity contribution in [2.75, 3.05) is 5.43 Å². The normalized spacial score (nSPS) is 11.2. The Kier molecular flexibility index (Phi) is 4.10. The van der Waals surface area contributed by atoms with Gasteiger partial charge in [0.15, 0.2) is 5.82 Å². The van der Waals surface area contributed by atoms with Gasteiger partial charge in [-0.05, 0) is 35.4 Å². The molecule has 4 aromatic rings. The minimum absolute atomic E-state index is 0.230. The van der Waals surface area contributed by atoms with Gasteiger partial charge in [0.2, 0.25) is 0 Å². The molecule has 4 rings (SSSR count). The van der Waals surface area contributed by atoms with Gasteiger partial charge in [0, 0.05) is 10.9 Å². The van der Waals surface area contributed by atoms with Crippen molar-refractivity contribution in [3.8, 4) is 16.9 Å². The van der Waals surface area contributed by atoms with Gasteiger partial charge in [-0.1, -0.05) is 30.3 Å². The molecule has 0 aliphatic carbocycles. The molecule has 0 aliphatic rings. The van der Waals surface area contributed by atoms with Crippen LogP contribution in [0.15, 0.2) is 71.4 Å². The number of phenols is 1. The molecule has 2 heterocycles. The van der Waals surface area contributed by atoms with E-state index < -0.39 is 0 Å². The van der Waals surface area contributed by atoms with E-state index in [0.29, 0.717) is 5.82 Å². The average molecular weight is 346 g/mol. The Balaban J connectivity index is 1.68. The summed E-state index contributed by atoms with van der Waals surface area (Å²) in [6, 6.07) is 17.0. The summed E-state index contributed by atoms with van der Waals surface area (Å²) < 4.78 is 0. The minimum Gasteiger partial charge on any atom is -0.508 e. The first kappa shape index (κ1) is 15.3. The van der Waals surface area contributed by atoms with Crippen LogP contribution in [0, 0.1) is 0 Å². The highest BCUT2D eigenvalue weighted by Gasteiger charge is 2.12. The quantitative estimate of drug-likeness (QED) is 0.421. The van der Waals surface area contributed by atoms with Crippen molar-refractivity contribution < 1.29 is 5.11 Å². The van der Waals surface area contributed by atoms with Crippen LogP contribution in [-0.4, -0.2) is 21.3 Å². The van der Waals surface area contributed by atoms with Gasteiger partial charge in [-0.25, -0.2) is 9.97 Å². The number of rotatable bonds is 4. The summed E-state index contributed by atoms with van der Waals surface area (Å²) in [5, 5.41) is 16.6. The van der Waals surface area contributed by atoms with Crippen LogP contribution in [0.4, 0.5) is 5.82 Å². The molecule has 25 heavy (non-hydrogen) atoms. The smallest absolute Gasteiger partial charge is 0.159 e. The van der Waals surface area contributed by atoms with E-state index in [0.717, 1.165) is 26.9 Å². The van der Waals surface area contributed by atoms with Crippen molar-refractivity contribution in [2.45, 2.75) is 0 Å². The van der Waals surface area contributed by atoms with Crippen LogP contribution in [0.3, 0.4) is 0 Å². The number of nitrogens with zero attached hydrogens (tertiary/aromatic N) is 3. The van der Waals surface area contributed by atoms with E-state index in [1.165, 1.54) is 6.33 Å². The molecule has 122 valence electrons. The number of anilines is 1. The largest absolute Gasteiger partial charge is 0.508 e. The number of fused-ring (bicyclic) bond motifs is 1. The molecular formula is C19H14N4OS. The number of thiophene rings is 1. The van der Waals surface area contributed by atoms with E-state index in [4.69, 9.17) is 0 Å². The Morgan fingerprint density at radius 2 is 1.80 bits per heavy atom. The van der Waals surface area contributed by atoms with Gasteiger partial charge in [-0.2, -0.15) is 5.10 Å². The molecule has 0 saturated heterocycles. The van der Waals surface area contributed by atoms with Crippen LogP contribution >= 0.6 is 11.3 Å². The molecule has 0 aliphatic heterocycles. The Bertz CT molecular complexity index is 1030. The summed E-state index contributed by atoms with van der Waals surface area (Å²) in [6.45, 7) is 0. The number of hydrogen-bond donors (Lipinski definition) is 2. The van der Waals surface area contributed by atoms with Crippen molar-refractivity contribution in [2.24, 2.45) is 5.10 Å². The number of hydrogen-bond acceptors (Lipinski definition) is 6. The second kappa shape index (κ2) is 6.70. The SMILES string of the molecule is Oc1ccc(C=NNc2ncnc3scc(-c4ccccc4)c23)cc1. The molecule has 0 spiro atoms. The lowest BCUT2D eigenvalue weighted by Crippen LogP contribution is -1.95. The van der Waals surface area contributed by atoms with E-state index in [9.17, 15) is 5.11 Å². The van der Waals surface area contributed by atoms with E-state index in [2.05, 4.69) is 38.0 Å². The molecule has 2 aromatic carbocycles. The Hall–Kier alpha value is -3.25. The molecule has 0 bridgehead atoms. The zero-order valence-corrected chi connectivity index (χ0v) is 13.9. The van der Waals surface area contributed by atoms with Gasteiger partial charge in [0.25, 0.3) is 0 Å². The number of hydrazone groups is 1. The van der Waals surface area contributed by atoms with E-state index in [1.54, 1.807) is 41.8 Å². The highest BCUT2D eigenvalue weighted by molar-refractivity contribution is 7.17. The van der Waals surface area contributed by atoms with Crippen LogP contribution in [0.25, 0.3) is 21.3 Å². The number of phenolic OH excluding ortho intramolecular Hbond substituents is 1. The molecule has 2 N–H and O–H groups in total. The standard InChI is InChI=1S/C19H14N4OS/c24-15-8-6-13(7-9-15)10-22-23-18-17-16(14-4-2-1-3-5-14)11-25-19(17)21-12-20-18/h1-12,24H,(H,20,21,23). The molecule has 0 atom stereocenters. The van der Waals surface area contributed by atoms with E-state index in [1.807, 2.05) is 18.2 Å². The molecule has 0 fully saturated rings. The summed E-state index contributed by atoms with van der Waals surface area (Å²) >= 11 is 1.58. The number of benzene rings is 2. The summed E-state index contributed by atoms with van der Waals surface area (Å²) in [5.74, 6) is 0.897. The Morgan fingerprint density at radius 3 is 2.60 bits per heavy atom. The molecule has 6 heteroatoms. The lowest BCUT2D eigenvalue weighted by Gasteiger charge is -2.04. The molecule has 0 amide bonds. The second-order valence-corrected chi connectivity index (χ2v) is 6.24. The average Bonchev–Trinajstić information content (AvgIpc) is 3.09. The van der Waals surface area contributed by atoms with Gasteiger partial charge < -0.3 is 5.11 Å². The fraction of sp³-hybridized carbons (Fsp3) is 0. The van der Waals surface area contributed by atoms with Crippen molar-refractivity contribution in [1.29, 1.82) is 0 Å². The zero-order chi connectivity index (χ0) is 17.1. The summed E-state index contributed by atoms with van der Waals surface area (Å²) in [7, 11) is 0. The zero-order valence-electron chi connectivity index (χ0n) is 13.1. The van der Waals surface area contributed by atoms with Crippen molar-refractivity contribution in [3.05, 3.63) is 71.9 Å². The van der Waals surface area contributed by atoms with Gasteiger partial charge in [-0.3, -0.25) is 5.43 Å². The van der Waals surface area contributed by atoms with Gasteiger partial charge in [-0.15, -0.1) is 11.3 Å². The predicted molar refractivity (Wildman–Crippen MR) is 102 cm³/mol. The Morgan fingerprint density at radius 1 is 1.00 bits per heavy atom. The third-order valence-corrected chi connectivity index (χ3v) is 4.62. The highest BCUT2D eigenvalue weighted by atomic mass is 32.1. The summed E-state index contributed by atoms with van der Waals surface area (Å²) in [4.78, 5) is 9.61.